The molecule has 0 N–H and O–H groups in total. The van der Waals surface area contributed by atoms with Gasteiger partial charge < -0.3 is 4.74 Å². The first-order chi connectivity index (χ1) is 8.80. The van der Waals surface area contributed by atoms with Crippen LogP contribution in [0, 0.1) is 11.3 Å². The van der Waals surface area contributed by atoms with E-state index in [4.69, 9.17) is 5.26 Å². The number of carbonyl (C=O) groups excluding carboxylic acids is 1. The highest BCUT2D eigenvalue weighted by Gasteiger charge is 2.34. The maximum absolute atomic E-state index is 12.5. The molecule has 0 fully saturated rings. The Labute approximate surface area is 117 Å². The molecule has 1 aromatic carbocycles. The number of rotatable bonds is 3. The lowest BCUT2D eigenvalue weighted by atomic mass is 10.1. The van der Waals surface area contributed by atoms with Crippen LogP contribution in [-0.2, 0) is 4.74 Å². The SMILES string of the molecule is CCOC(=O)c1c(S)ccc(C#N)c1SC(F)(F)F. The van der Waals surface area contributed by atoms with E-state index in [1.54, 1.807) is 6.07 Å². The van der Waals surface area contributed by atoms with Crippen LogP contribution in [0.4, 0.5) is 13.2 Å². The minimum atomic E-state index is -4.62. The molecular formula is C11H8F3NO2S2. The first kappa shape index (κ1) is 15.7. The zero-order valence-electron chi connectivity index (χ0n) is 9.61. The second-order valence-corrected chi connectivity index (χ2v) is 4.77. The van der Waals surface area contributed by atoms with Crippen LogP contribution in [0.2, 0.25) is 0 Å². The number of thiol groups is 1. The van der Waals surface area contributed by atoms with E-state index in [1.807, 2.05) is 0 Å². The molecule has 1 aromatic rings. The number of thioether (sulfide) groups is 1. The summed E-state index contributed by atoms with van der Waals surface area (Å²) in [5.41, 5.74) is -5.20. The Morgan fingerprint density at radius 3 is 2.63 bits per heavy atom. The van der Waals surface area contributed by atoms with Gasteiger partial charge in [0.25, 0.3) is 0 Å². The summed E-state index contributed by atoms with van der Waals surface area (Å²) in [5.74, 6) is -0.934. The fourth-order valence-corrected chi connectivity index (χ4v) is 2.39. The molecule has 0 aliphatic carbocycles. The number of halogens is 3. The molecule has 8 heteroatoms. The number of ether oxygens (including phenoxy) is 1. The normalized spacial score (nSPS) is 10.9. The van der Waals surface area contributed by atoms with Crippen LogP contribution in [0.25, 0.3) is 0 Å². The molecule has 3 nitrogen and oxygen atoms in total. The van der Waals surface area contributed by atoms with Crippen molar-refractivity contribution >= 4 is 30.4 Å². The molecule has 0 spiro atoms. The van der Waals surface area contributed by atoms with Crippen molar-refractivity contribution in [3.05, 3.63) is 23.3 Å². The fourth-order valence-electron chi connectivity index (χ4n) is 1.28. The van der Waals surface area contributed by atoms with Crippen molar-refractivity contribution in [2.24, 2.45) is 0 Å². The molecule has 0 aromatic heterocycles. The fraction of sp³-hybridized carbons (Fsp3) is 0.273. The molecule has 0 aliphatic rings. The average molecular weight is 307 g/mol. The largest absolute Gasteiger partial charge is 0.462 e. The molecule has 0 heterocycles. The Kier molecular flexibility index (Phi) is 5.14. The Bertz CT molecular complexity index is 538. The van der Waals surface area contributed by atoms with Gasteiger partial charge in [0.15, 0.2) is 0 Å². The van der Waals surface area contributed by atoms with E-state index in [9.17, 15) is 18.0 Å². The van der Waals surface area contributed by atoms with Gasteiger partial charge in [-0.3, -0.25) is 0 Å². The zero-order valence-corrected chi connectivity index (χ0v) is 11.3. The highest BCUT2D eigenvalue weighted by molar-refractivity contribution is 8.00. The van der Waals surface area contributed by atoms with Gasteiger partial charge in [0, 0.05) is 9.79 Å². The van der Waals surface area contributed by atoms with Gasteiger partial charge in [0.05, 0.1) is 17.7 Å². The summed E-state index contributed by atoms with van der Waals surface area (Å²) < 4.78 is 42.2. The van der Waals surface area contributed by atoms with Gasteiger partial charge >= 0.3 is 11.5 Å². The minimum absolute atomic E-state index is 0.0129. The number of hydrogen-bond donors (Lipinski definition) is 1. The second kappa shape index (κ2) is 6.21. The maximum atomic E-state index is 12.5. The Morgan fingerprint density at radius 2 is 2.16 bits per heavy atom. The first-order valence-electron chi connectivity index (χ1n) is 4.99. The van der Waals surface area contributed by atoms with E-state index in [1.165, 1.54) is 19.1 Å². The highest BCUT2D eigenvalue weighted by atomic mass is 32.2. The minimum Gasteiger partial charge on any atom is -0.462 e. The number of nitrogens with zero attached hydrogens (tertiary/aromatic N) is 1. The zero-order chi connectivity index (χ0) is 14.6. The Balaban J connectivity index is 3.42. The summed E-state index contributed by atoms with van der Waals surface area (Å²) in [6.45, 7) is 1.54. The lowest BCUT2D eigenvalue weighted by Gasteiger charge is -2.13. The van der Waals surface area contributed by atoms with Gasteiger partial charge in [-0.1, -0.05) is 0 Å². The van der Waals surface area contributed by atoms with E-state index < -0.39 is 28.1 Å². The van der Waals surface area contributed by atoms with Crippen LogP contribution in [-0.4, -0.2) is 18.1 Å². The summed E-state index contributed by atoms with van der Waals surface area (Å²) in [6.07, 6.45) is 0. The van der Waals surface area contributed by atoms with Crippen LogP contribution >= 0.6 is 24.4 Å². The summed E-state index contributed by atoms with van der Waals surface area (Å²) in [7, 11) is 0. The molecule has 0 atom stereocenters. The van der Waals surface area contributed by atoms with E-state index in [-0.39, 0.29) is 22.6 Å². The first-order valence-corrected chi connectivity index (χ1v) is 6.25. The lowest BCUT2D eigenvalue weighted by Crippen LogP contribution is -2.11. The maximum Gasteiger partial charge on any atom is 0.446 e. The van der Waals surface area contributed by atoms with Crippen molar-refractivity contribution in [1.82, 2.24) is 0 Å². The molecular weight excluding hydrogens is 299 g/mol. The van der Waals surface area contributed by atoms with Gasteiger partial charge in [0.2, 0.25) is 0 Å². The smallest absolute Gasteiger partial charge is 0.446 e. The molecule has 0 aliphatic heterocycles. The van der Waals surface area contributed by atoms with Gasteiger partial charge in [-0.2, -0.15) is 18.4 Å². The standard InChI is InChI=1S/C11H8F3NO2S2/c1-2-17-10(16)8-7(18)4-3-6(5-15)9(8)19-11(12,13)14/h3-4,18H,2H2,1H3. The number of carbonyl (C=O) groups is 1. The van der Waals surface area contributed by atoms with Crippen LogP contribution in [0.15, 0.2) is 21.9 Å². The van der Waals surface area contributed by atoms with Gasteiger partial charge in [-0.05, 0) is 30.8 Å². The van der Waals surface area contributed by atoms with Gasteiger partial charge in [-0.15, -0.1) is 12.6 Å². The van der Waals surface area contributed by atoms with Crippen LogP contribution in [0.3, 0.4) is 0 Å². The molecule has 19 heavy (non-hydrogen) atoms. The van der Waals surface area contributed by atoms with E-state index in [0.29, 0.717) is 0 Å². The average Bonchev–Trinajstić information content (AvgIpc) is 2.27. The van der Waals surface area contributed by atoms with E-state index >= 15 is 0 Å². The van der Waals surface area contributed by atoms with Crippen molar-refractivity contribution in [3.63, 3.8) is 0 Å². The number of benzene rings is 1. The second-order valence-electron chi connectivity index (χ2n) is 3.22. The van der Waals surface area contributed by atoms with Crippen molar-refractivity contribution in [2.45, 2.75) is 22.2 Å². The molecule has 0 saturated heterocycles. The van der Waals surface area contributed by atoms with Crippen molar-refractivity contribution in [3.8, 4) is 6.07 Å². The topological polar surface area (TPSA) is 50.1 Å². The van der Waals surface area contributed by atoms with Crippen molar-refractivity contribution in [1.29, 1.82) is 5.26 Å². The number of alkyl halides is 3. The summed E-state index contributed by atoms with van der Waals surface area (Å²) in [4.78, 5) is 11.2. The van der Waals surface area contributed by atoms with E-state index in [2.05, 4.69) is 17.4 Å². The summed E-state index contributed by atoms with van der Waals surface area (Å²) >= 11 is 3.42. The Hall–Kier alpha value is -1.33. The third kappa shape index (κ3) is 4.08. The van der Waals surface area contributed by atoms with Crippen molar-refractivity contribution in [2.75, 3.05) is 6.61 Å². The molecule has 102 valence electrons. The lowest BCUT2D eigenvalue weighted by molar-refractivity contribution is -0.0328. The molecule has 0 unspecified atom stereocenters. The predicted molar refractivity (Wildman–Crippen MR) is 66.3 cm³/mol. The summed E-state index contributed by atoms with van der Waals surface area (Å²) in [5, 5.41) is 8.83. The highest BCUT2D eigenvalue weighted by Crippen LogP contribution is 2.42. The molecule has 0 bridgehead atoms. The number of nitriles is 1. The van der Waals surface area contributed by atoms with Crippen molar-refractivity contribution < 1.29 is 22.7 Å². The molecule has 1 rings (SSSR count). The molecule has 0 saturated carbocycles. The van der Waals surface area contributed by atoms with Crippen LogP contribution < -0.4 is 0 Å². The molecule has 0 amide bonds. The van der Waals surface area contributed by atoms with Gasteiger partial charge in [0.1, 0.15) is 6.07 Å². The van der Waals surface area contributed by atoms with E-state index in [0.717, 1.165) is 0 Å². The Morgan fingerprint density at radius 1 is 1.53 bits per heavy atom. The molecule has 0 radical (unpaired) electrons. The monoisotopic (exact) mass is 307 g/mol. The van der Waals surface area contributed by atoms with Crippen LogP contribution in [0.1, 0.15) is 22.8 Å². The van der Waals surface area contributed by atoms with Gasteiger partial charge in [-0.25, -0.2) is 4.79 Å². The number of esters is 1. The third-order valence-electron chi connectivity index (χ3n) is 1.95. The number of hydrogen-bond acceptors (Lipinski definition) is 5. The van der Waals surface area contributed by atoms with Crippen LogP contribution in [0.5, 0.6) is 0 Å². The quantitative estimate of drug-likeness (QED) is 0.526. The summed E-state index contributed by atoms with van der Waals surface area (Å²) in [6, 6.07) is 4.09. The third-order valence-corrected chi connectivity index (χ3v) is 3.19. The predicted octanol–water partition coefficient (Wildman–Crippen LogP) is 3.64.